The number of fused-ring (bicyclic) bond motifs is 3. The monoisotopic (exact) mass is 441 g/mol. The maximum absolute atomic E-state index is 2.53. The van der Waals surface area contributed by atoms with Crippen molar-refractivity contribution in [3.63, 3.8) is 0 Å². The highest BCUT2D eigenvalue weighted by Crippen LogP contribution is 2.54. The number of aryl methyl sites for hydroxylation is 1. The predicted octanol–water partition coefficient (Wildman–Crippen LogP) is 8.55. The summed E-state index contributed by atoms with van der Waals surface area (Å²) in [6, 6.07) is 26.8. The van der Waals surface area contributed by atoms with Gasteiger partial charge in [-0.3, -0.25) is 0 Å². The Morgan fingerprint density at radius 1 is 0.853 bits per heavy atom. The molecule has 2 unspecified atom stereocenters. The van der Waals surface area contributed by atoms with Crippen LogP contribution in [0.2, 0.25) is 0 Å². The van der Waals surface area contributed by atoms with Crippen LogP contribution in [0.1, 0.15) is 48.9 Å². The van der Waals surface area contributed by atoms with Gasteiger partial charge in [0.1, 0.15) is 0 Å². The van der Waals surface area contributed by atoms with Crippen LogP contribution in [0.15, 0.2) is 109 Å². The lowest BCUT2D eigenvalue weighted by atomic mass is 9.75. The third kappa shape index (κ3) is 3.22. The van der Waals surface area contributed by atoms with Crippen LogP contribution in [-0.2, 0) is 5.41 Å². The number of allylic oxidation sites excluding steroid dienone is 6. The Morgan fingerprint density at radius 3 is 2.38 bits per heavy atom. The minimum atomic E-state index is -0.0577. The Kier molecular flexibility index (Phi) is 4.78. The van der Waals surface area contributed by atoms with E-state index in [9.17, 15) is 0 Å². The zero-order valence-electron chi connectivity index (χ0n) is 20.3. The molecule has 34 heavy (non-hydrogen) atoms. The average molecular weight is 442 g/mol. The molecule has 2 aliphatic carbocycles. The fourth-order valence-corrected chi connectivity index (χ4v) is 5.83. The van der Waals surface area contributed by atoms with Gasteiger partial charge in [-0.15, -0.1) is 0 Å². The normalized spacial score (nSPS) is 25.0. The molecule has 3 aromatic rings. The number of hydrogen-bond donors (Lipinski definition) is 0. The summed E-state index contributed by atoms with van der Waals surface area (Å²) in [7, 11) is 0. The fourth-order valence-electron chi connectivity index (χ4n) is 5.83. The van der Waals surface area contributed by atoms with Crippen molar-refractivity contribution in [2.75, 3.05) is 4.90 Å². The topological polar surface area (TPSA) is 3.24 Å². The van der Waals surface area contributed by atoms with Gasteiger partial charge >= 0.3 is 0 Å². The van der Waals surface area contributed by atoms with E-state index in [1.807, 2.05) is 0 Å². The second kappa shape index (κ2) is 7.74. The molecule has 168 valence electrons. The van der Waals surface area contributed by atoms with Crippen molar-refractivity contribution in [3.05, 3.63) is 132 Å². The molecule has 0 aromatic heterocycles. The lowest BCUT2D eigenvalue weighted by molar-refractivity contribution is 0.601. The van der Waals surface area contributed by atoms with Crippen molar-refractivity contribution in [2.45, 2.75) is 44.6 Å². The SMILES string of the molecule is Cc1ccc(C2(C)C=CC(c3ccc4c(c3)C3=CC=CCC3(C)N4c3ccccc3)=CC2)cc1. The number of rotatable bonds is 3. The standard InChI is InChI=1S/C33H31N/c1-24-12-15-27(16-13-24)32(2)21-18-25(19-22-32)26-14-17-31-29(23-26)30-11-7-8-20-33(30,3)34(31)28-9-5-4-6-10-28/h4-19,21,23H,20,22H2,1-3H3. The Labute approximate surface area is 203 Å². The number of benzene rings is 3. The minimum absolute atomic E-state index is 0.0489. The molecule has 0 amide bonds. The predicted molar refractivity (Wildman–Crippen MR) is 145 cm³/mol. The maximum Gasteiger partial charge on any atom is 0.0715 e. The summed E-state index contributed by atoms with van der Waals surface area (Å²) in [6.45, 7) is 6.87. The highest BCUT2D eigenvalue weighted by molar-refractivity contribution is 5.97. The molecule has 3 aromatic carbocycles. The second-order valence-electron chi connectivity index (χ2n) is 10.4. The number of anilines is 2. The summed E-state index contributed by atoms with van der Waals surface area (Å²) in [5.41, 5.74) is 10.6. The van der Waals surface area contributed by atoms with Gasteiger partial charge in [0.05, 0.1) is 5.54 Å². The van der Waals surface area contributed by atoms with E-state index in [1.165, 1.54) is 44.8 Å². The largest absolute Gasteiger partial charge is 0.331 e. The molecule has 1 heteroatoms. The van der Waals surface area contributed by atoms with Crippen LogP contribution in [0, 0.1) is 6.92 Å². The Hall–Kier alpha value is -3.58. The van der Waals surface area contributed by atoms with Gasteiger partial charge in [-0.25, -0.2) is 0 Å². The summed E-state index contributed by atoms with van der Waals surface area (Å²) in [5.74, 6) is 0. The van der Waals surface area contributed by atoms with Crippen LogP contribution in [-0.4, -0.2) is 5.54 Å². The third-order valence-electron chi connectivity index (χ3n) is 7.95. The Morgan fingerprint density at radius 2 is 1.65 bits per heavy atom. The van der Waals surface area contributed by atoms with Crippen LogP contribution < -0.4 is 4.90 Å². The van der Waals surface area contributed by atoms with Crippen LogP contribution >= 0.6 is 0 Å². The van der Waals surface area contributed by atoms with E-state index >= 15 is 0 Å². The highest BCUT2D eigenvalue weighted by atomic mass is 15.2. The van der Waals surface area contributed by atoms with Gasteiger partial charge in [-0.2, -0.15) is 0 Å². The molecule has 0 spiro atoms. The molecule has 1 nitrogen and oxygen atoms in total. The van der Waals surface area contributed by atoms with Crippen molar-refractivity contribution in [1.82, 2.24) is 0 Å². The molecule has 0 radical (unpaired) electrons. The summed E-state index contributed by atoms with van der Waals surface area (Å²) in [5, 5.41) is 0. The van der Waals surface area contributed by atoms with Gasteiger partial charge in [0.15, 0.2) is 0 Å². The summed E-state index contributed by atoms with van der Waals surface area (Å²) >= 11 is 0. The van der Waals surface area contributed by atoms with Crippen molar-refractivity contribution in [3.8, 4) is 0 Å². The Bertz CT molecular complexity index is 1370. The zero-order valence-corrected chi connectivity index (χ0v) is 20.3. The van der Waals surface area contributed by atoms with E-state index < -0.39 is 0 Å². The molecule has 0 N–H and O–H groups in total. The van der Waals surface area contributed by atoms with Crippen LogP contribution in [0.4, 0.5) is 11.4 Å². The van der Waals surface area contributed by atoms with Gasteiger partial charge in [0.2, 0.25) is 0 Å². The Balaban J connectivity index is 1.37. The molecule has 1 heterocycles. The van der Waals surface area contributed by atoms with Crippen molar-refractivity contribution >= 4 is 22.5 Å². The van der Waals surface area contributed by atoms with Gasteiger partial charge in [-0.1, -0.05) is 97.5 Å². The van der Waals surface area contributed by atoms with Crippen LogP contribution in [0.3, 0.4) is 0 Å². The molecule has 3 aliphatic rings. The molecule has 0 bridgehead atoms. The van der Waals surface area contributed by atoms with Gasteiger partial charge in [0.25, 0.3) is 0 Å². The smallest absolute Gasteiger partial charge is 0.0715 e. The van der Waals surface area contributed by atoms with E-state index in [-0.39, 0.29) is 11.0 Å². The average Bonchev–Trinajstić information content (AvgIpc) is 3.13. The number of hydrogen-bond acceptors (Lipinski definition) is 1. The second-order valence-corrected chi connectivity index (χ2v) is 10.4. The first-order chi connectivity index (χ1) is 16.5. The molecule has 0 saturated heterocycles. The van der Waals surface area contributed by atoms with Crippen molar-refractivity contribution in [1.29, 1.82) is 0 Å². The first-order valence-electron chi connectivity index (χ1n) is 12.3. The van der Waals surface area contributed by atoms with Crippen molar-refractivity contribution in [2.24, 2.45) is 0 Å². The van der Waals surface area contributed by atoms with Crippen LogP contribution in [0.5, 0.6) is 0 Å². The summed E-state index contributed by atoms with van der Waals surface area (Å²) in [6.07, 6.45) is 16.0. The summed E-state index contributed by atoms with van der Waals surface area (Å²) in [4.78, 5) is 2.53. The molecule has 2 atom stereocenters. The van der Waals surface area contributed by atoms with Crippen LogP contribution in [0.25, 0.3) is 11.1 Å². The lowest BCUT2D eigenvalue weighted by Gasteiger charge is -2.38. The molecular weight excluding hydrogens is 410 g/mol. The van der Waals surface area contributed by atoms with E-state index in [0.717, 1.165) is 12.8 Å². The third-order valence-corrected chi connectivity index (χ3v) is 7.95. The summed E-state index contributed by atoms with van der Waals surface area (Å²) < 4.78 is 0. The molecular formula is C33H31N. The highest BCUT2D eigenvalue weighted by Gasteiger charge is 2.45. The molecule has 0 saturated carbocycles. The first-order valence-corrected chi connectivity index (χ1v) is 12.3. The quantitative estimate of drug-likeness (QED) is 0.393. The molecule has 6 rings (SSSR count). The fraction of sp³-hybridized carbons (Fsp3) is 0.212. The van der Waals surface area contributed by atoms with E-state index in [2.05, 4.69) is 135 Å². The van der Waals surface area contributed by atoms with Gasteiger partial charge in [-0.05, 0) is 73.2 Å². The zero-order chi connectivity index (χ0) is 23.3. The lowest BCUT2D eigenvalue weighted by Crippen LogP contribution is -2.40. The number of para-hydroxylation sites is 1. The maximum atomic E-state index is 2.53. The first kappa shape index (κ1) is 21.0. The van der Waals surface area contributed by atoms with Gasteiger partial charge in [0, 0.05) is 22.4 Å². The van der Waals surface area contributed by atoms with Gasteiger partial charge < -0.3 is 4.90 Å². The number of nitrogens with zero attached hydrogens (tertiary/aromatic N) is 1. The molecule has 1 aliphatic heterocycles. The van der Waals surface area contributed by atoms with E-state index in [0.29, 0.717) is 0 Å². The minimum Gasteiger partial charge on any atom is -0.331 e. The van der Waals surface area contributed by atoms with E-state index in [4.69, 9.17) is 0 Å². The molecule has 0 fully saturated rings. The van der Waals surface area contributed by atoms with E-state index in [1.54, 1.807) is 0 Å². The van der Waals surface area contributed by atoms with Crippen molar-refractivity contribution < 1.29 is 0 Å².